The van der Waals surface area contributed by atoms with Crippen LogP contribution in [0.4, 0.5) is 0 Å². The summed E-state index contributed by atoms with van der Waals surface area (Å²) in [6.07, 6.45) is 1.52. The zero-order valence-corrected chi connectivity index (χ0v) is 12.0. The molecule has 0 saturated carbocycles. The molecule has 0 unspecified atom stereocenters. The summed E-state index contributed by atoms with van der Waals surface area (Å²) >= 11 is 1.59. The maximum absolute atomic E-state index is 8.88. The third-order valence-electron chi connectivity index (χ3n) is 2.93. The molecule has 0 aliphatic carbocycles. The third-order valence-corrected chi connectivity index (χ3v) is 4.15. The van der Waals surface area contributed by atoms with Crippen LogP contribution in [0.25, 0.3) is 0 Å². The smallest absolute Gasteiger partial charge is 0.120 e. The highest BCUT2D eigenvalue weighted by atomic mass is 32.1. The molecule has 0 bridgehead atoms. The topological polar surface area (TPSA) is 55.2 Å². The molecule has 19 heavy (non-hydrogen) atoms. The van der Waals surface area contributed by atoms with Crippen LogP contribution >= 0.6 is 11.3 Å². The number of aliphatic hydroxyl groups is 1. The van der Waals surface area contributed by atoms with Crippen LogP contribution in [-0.2, 0) is 12.8 Å². The Morgan fingerprint density at radius 1 is 1.26 bits per heavy atom. The molecule has 1 atom stereocenters. The summed E-state index contributed by atoms with van der Waals surface area (Å²) in [4.78, 5) is 0. The van der Waals surface area contributed by atoms with Gasteiger partial charge in [-0.25, -0.2) is 0 Å². The van der Waals surface area contributed by atoms with E-state index in [9.17, 15) is 0 Å². The highest BCUT2D eigenvalue weighted by molar-refractivity contribution is 7.11. The zero-order chi connectivity index (χ0) is 13.7. The van der Waals surface area contributed by atoms with Crippen molar-refractivity contribution in [1.29, 1.82) is 0 Å². The first-order chi connectivity index (χ1) is 9.22. The quantitative estimate of drug-likeness (QED) is 0.881. The minimum Gasteiger partial charge on any atom is -0.497 e. The fourth-order valence-electron chi connectivity index (χ4n) is 1.86. The Bertz CT molecular complexity index is 510. The van der Waals surface area contributed by atoms with E-state index in [1.54, 1.807) is 18.4 Å². The Balaban J connectivity index is 2.00. The van der Waals surface area contributed by atoms with Crippen molar-refractivity contribution < 1.29 is 9.84 Å². The van der Waals surface area contributed by atoms with Gasteiger partial charge in [0.2, 0.25) is 0 Å². The van der Waals surface area contributed by atoms with Crippen LogP contribution in [0.1, 0.15) is 28.4 Å². The minimum absolute atomic E-state index is 0.126. The van der Waals surface area contributed by atoms with Crippen LogP contribution in [0.5, 0.6) is 5.75 Å². The van der Waals surface area contributed by atoms with E-state index in [1.807, 2.05) is 12.1 Å². The Labute approximate surface area is 117 Å². The molecule has 102 valence electrons. The molecular weight excluding hydrogens is 260 g/mol. The lowest BCUT2D eigenvalue weighted by atomic mass is 10.0. The molecule has 0 saturated heterocycles. The number of aliphatic hydroxyl groups excluding tert-OH is 1. The van der Waals surface area contributed by atoms with Gasteiger partial charge in [0.25, 0.3) is 0 Å². The maximum Gasteiger partial charge on any atom is 0.120 e. The van der Waals surface area contributed by atoms with E-state index in [1.165, 1.54) is 5.56 Å². The Hall–Kier alpha value is -1.46. The summed E-state index contributed by atoms with van der Waals surface area (Å²) in [5.74, 6) is 1.20. The van der Waals surface area contributed by atoms with Crippen LogP contribution in [0.15, 0.2) is 24.3 Å². The van der Waals surface area contributed by atoms with E-state index in [-0.39, 0.29) is 6.61 Å². The van der Waals surface area contributed by atoms with Gasteiger partial charge in [-0.3, -0.25) is 0 Å². The van der Waals surface area contributed by atoms with Gasteiger partial charge in [0.1, 0.15) is 15.8 Å². The van der Waals surface area contributed by atoms with Gasteiger partial charge in [0, 0.05) is 18.9 Å². The molecule has 1 aromatic carbocycles. The van der Waals surface area contributed by atoms with Crippen molar-refractivity contribution in [2.75, 3.05) is 13.7 Å². The summed E-state index contributed by atoms with van der Waals surface area (Å²) in [5, 5.41) is 19.1. The van der Waals surface area contributed by atoms with E-state index < -0.39 is 0 Å². The van der Waals surface area contributed by atoms with Gasteiger partial charge < -0.3 is 9.84 Å². The van der Waals surface area contributed by atoms with Crippen LogP contribution in [-0.4, -0.2) is 29.0 Å². The lowest BCUT2D eigenvalue weighted by Crippen LogP contribution is -1.98. The summed E-state index contributed by atoms with van der Waals surface area (Å²) in [6.45, 7) is 2.27. The molecule has 4 nitrogen and oxygen atoms in total. The average molecular weight is 278 g/mol. The monoisotopic (exact) mass is 278 g/mol. The van der Waals surface area contributed by atoms with Crippen molar-refractivity contribution in [2.45, 2.75) is 25.7 Å². The number of benzene rings is 1. The van der Waals surface area contributed by atoms with Crippen LogP contribution < -0.4 is 4.74 Å². The largest absolute Gasteiger partial charge is 0.497 e. The molecule has 2 aromatic rings. The van der Waals surface area contributed by atoms with E-state index in [0.29, 0.717) is 12.3 Å². The SMILES string of the molecule is COc1ccc(C[C@H](C)c2nnc(CCO)s2)cc1. The molecule has 0 radical (unpaired) electrons. The molecular formula is C14H18N2O2S. The van der Waals surface area contributed by atoms with Gasteiger partial charge in [-0.05, 0) is 24.1 Å². The van der Waals surface area contributed by atoms with Crippen LogP contribution in [0.3, 0.4) is 0 Å². The molecule has 0 fully saturated rings. The zero-order valence-electron chi connectivity index (χ0n) is 11.2. The fourth-order valence-corrected chi connectivity index (χ4v) is 2.75. The van der Waals surface area contributed by atoms with Gasteiger partial charge >= 0.3 is 0 Å². The molecule has 0 spiro atoms. The highest BCUT2D eigenvalue weighted by Crippen LogP contribution is 2.24. The van der Waals surface area contributed by atoms with Gasteiger partial charge in [-0.2, -0.15) is 0 Å². The minimum atomic E-state index is 0.126. The van der Waals surface area contributed by atoms with E-state index in [4.69, 9.17) is 9.84 Å². The number of ether oxygens (including phenoxy) is 1. The summed E-state index contributed by atoms with van der Waals surface area (Å²) < 4.78 is 5.15. The van der Waals surface area contributed by atoms with Gasteiger partial charge in [-0.1, -0.05) is 19.1 Å². The second kappa shape index (κ2) is 6.63. The number of hydrogen-bond acceptors (Lipinski definition) is 5. The number of rotatable bonds is 6. The van der Waals surface area contributed by atoms with Crippen LogP contribution in [0.2, 0.25) is 0 Å². The summed E-state index contributed by atoms with van der Waals surface area (Å²) in [7, 11) is 1.67. The molecule has 0 aliphatic heterocycles. The van der Waals surface area contributed by atoms with Gasteiger partial charge in [0.05, 0.1) is 7.11 Å². The Kier molecular flexibility index (Phi) is 4.87. The summed E-state index contributed by atoms with van der Waals surface area (Å²) in [6, 6.07) is 8.09. The highest BCUT2D eigenvalue weighted by Gasteiger charge is 2.12. The van der Waals surface area contributed by atoms with E-state index in [0.717, 1.165) is 22.2 Å². The number of aromatic nitrogens is 2. The van der Waals surface area contributed by atoms with Crippen LogP contribution in [0, 0.1) is 0 Å². The second-order valence-electron chi connectivity index (χ2n) is 4.46. The average Bonchev–Trinajstić information content (AvgIpc) is 2.89. The van der Waals surface area contributed by atoms with E-state index >= 15 is 0 Å². The van der Waals surface area contributed by atoms with Crippen molar-refractivity contribution in [3.63, 3.8) is 0 Å². The summed E-state index contributed by atoms with van der Waals surface area (Å²) in [5.41, 5.74) is 1.26. The van der Waals surface area contributed by atoms with Crippen molar-refractivity contribution in [3.8, 4) is 5.75 Å². The number of hydrogen-bond donors (Lipinski definition) is 1. The lowest BCUT2D eigenvalue weighted by molar-refractivity contribution is 0.299. The molecule has 5 heteroatoms. The van der Waals surface area contributed by atoms with Crippen molar-refractivity contribution >= 4 is 11.3 Å². The lowest BCUT2D eigenvalue weighted by Gasteiger charge is -2.08. The maximum atomic E-state index is 8.88. The molecule has 0 aliphatic rings. The molecule has 0 amide bonds. The molecule has 1 N–H and O–H groups in total. The fraction of sp³-hybridized carbons (Fsp3) is 0.429. The standard InChI is InChI=1S/C14H18N2O2S/c1-10(14-16-15-13(19-14)7-8-17)9-11-3-5-12(18-2)6-4-11/h3-6,10,17H,7-9H2,1-2H3/t10-/m0/s1. The number of methoxy groups -OCH3 is 1. The first-order valence-electron chi connectivity index (χ1n) is 6.29. The van der Waals surface area contributed by atoms with Gasteiger partial charge in [0.15, 0.2) is 0 Å². The third kappa shape index (κ3) is 3.75. The Morgan fingerprint density at radius 2 is 2.00 bits per heavy atom. The molecule has 1 heterocycles. The van der Waals surface area contributed by atoms with Crippen molar-refractivity contribution in [2.24, 2.45) is 0 Å². The predicted molar refractivity (Wildman–Crippen MR) is 75.8 cm³/mol. The normalized spacial score (nSPS) is 12.4. The van der Waals surface area contributed by atoms with Crippen molar-refractivity contribution in [1.82, 2.24) is 10.2 Å². The van der Waals surface area contributed by atoms with Gasteiger partial charge in [-0.15, -0.1) is 21.5 Å². The predicted octanol–water partition coefficient (Wildman–Crippen LogP) is 2.43. The van der Waals surface area contributed by atoms with E-state index in [2.05, 4.69) is 29.3 Å². The second-order valence-corrected chi connectivity index (χ2v) is 5.55. The first kappa shape index (κ1) is 14.0. The molecule has 2 rings (SSSR count). The van der Waals surface area contributed by atoms with Crippen molar-refractivity contribution in [3.05, 3.63) is 39.8 Å². The Morgan fingerprint density at radius 3 is 2.63 bits per heavy atom. The number of nitrogens with zero attached hydrogens (tertiary/aromatic N) is 2. The molecule has 1 aromatic heterocycles. The first-order valence-corrected chi connectivity index (χ1v) is 7.10.